The third-order valence-corrected chi connectivity index (χ3v) is 1.63. The third-order valence-electron chi connectivity index (χ3n) is 1.13. The van der Waals surface area contributed by atoms with Crippen LogP contribution in [0.15, 0.2) is 22.7 Å². The van der Waals surface area contributed by atoms with Crippen LogP contribution in [-0.4, -0.2) is 10.0 Å². The standard InChI is InChI=1S/C6H4BrNO3.C2H6/c7-4-1-2-5(8(10)11)6(9)3-4;1-2/h1-3,9H;1-2H3. The first-order valence-electron chi connectivity index (χ1n) is 3.74. The van der Waals surface area contributed by atoms with Crippen molar-refractivity contribution in [3.8, 4) is 5.75 Å². The van der Waals surface area contributed by atoms with Gasteiger partial charge < -0.3 is 5.11 Å². The summed E-state index contributed by atoms with van der Waals surface area (Å²) in [5.74, 6) is -0.329. The van der Waals surface area contributed by atoms with E-state index in [0.717, 1.165) is 0 Å². The Balaban J connectivity index is 0.000000671. The van der Waals surface area contributed by atoms with Crippen molar-refractivity contribution in [3.63, 3.8) is 0 Å². The first-order chi connectivity index (χ1) is 6.11. The summed E-state index contributed by atoms with van der Waals surface area (Å²) in [5, 5.41) is 19.2. The maximum atomic E-state index is 10.2. The number of hydrogen-bond acceptors (Lipinski definition) is 3. The summed E-state index contributed by atoms with van der Waals surface area (Å²) >= 11 is 3.06. The normalized spacial score (nSPS) is 8.54. The Labute approximate surface area is 84.5 Å². The van der Waals surface area contributed by atoms with E-state index in [1.807, 2.05) is 13.8 Å². The maximum absolute atomic E-state index is 10.2. The van der Waals surface area contributed by atoms with Gasteiger partial charge in [0.15, 0.2) is 5.75 Å². The van der Waals surface area contributed by atoms with Crippen molar-refractivity contribution in [2.45, 2.75) is 13.8 Å². The molecule has 1 N–H and O–H groups in total. The molecule has 1 rings (SSSR count). The molecule has 1 aromatic carbocycles. The zero-order valence-corrected chi connectivity index (χ0v) is 8.91. The Morgan fingerprint density at radius 3 is 2.38 bits per heavy atom. The number of benzene rings is 1. The summed E-state index contributed by atoms with van der Waals surface area (Å²) in [4.78, 5) is 9.53. The number of aromatic hydroxyl groups is 1. The molecule has 0 heterocycles. The molecular weight excluding hydrogens is 238 g/mol. The predicted molar refractivity (Wildman–Crippen MR) is 53.8 cm³/mol. The molecule has 72 valence electrons. The van der Waals surface area contributed by atoms with E-state index in [1.165, 1.54) is 18.2 Å². The molecule has 5 heteroatoms. The number of phenols is 1. The van der Waals surface area contributed by atoms with E-state index in [1.54, 1.807) is 0 Å². The third kappa shape index (κ3) is 3.42. The maximum Gasteiger partial charge on any atom is 0.310 e. The fourth-order valence-electron chi connectivity index (χ4n) is 0.651. The number of nitro groups is 1. The van der Waals surface area contributed by atoms with Gasteiger partial charge >= 0.3 is 5.69 Å². The van der Waals surface area contributed by atoms with Crippen LogP contribution in [0.4, 0.5) is 5.69 Å². The largest absolute Gasteiger partial charge is 0.502 e. The lowest BCUT2D eigenvalue weighted by molar-refractivity contribution is -0.385. The Morgan fingerprint density at radius 2 is 2.00 bits per heavy atom. The molecule has 0 spiro atoms. The molecule has 0 saturated heterocycles. The van der Waals surface area contributed by atoms with Gasteiger partial charge in [0.25, 0.3) is 0 Å². The van der Waals surface area contributed by atoms with Crippen LogP contribution in [0.1, 0.15) is 13.8 Å². The summed E-state index contributed by atoms with van der Waals surface area (Å²) in [7, 11) is 0. The second-order valence-electron chi connectivity index (χ2n) is 1.89. The van der Waals surface area contributed by atoms with E-state index < -0.39 is 4.92 Å². The van der Waals surface area contributed by atoms with Gasteiger partial charge in [-0.1, -0.05) is 29.8 Å². The Hall–Kier alpha value is -1.10. The smallest absolute Gasteiger partial charge is 0.310 e. The van der Waals surface area contributed by atoms with Gasteiger partial charge in [0.2, 0.25) is 0 Å². The molecule has 1 aromatic rings. The van der Waals surface area contributed by atoms with Crippen LogP contribution in [0.25, 0.3) is 0 Å². The summed E-state index contributed by atoms with van der Waals surface area (Å²) in [5.41, 5.74) is -0.284. The van der Waals surface area contributed by atoms with Crippen molar-refractivity contribution in [1.82, 2.24) is 0 Å². The van der Waals surface area contributed by atoms with Crippen LogP contribution >= 0.6 is 15.9 Å². The highest BCUT2D eigenvalue weighted by Crippen LogP contribution is 2.28. The molecule has 0 aromatic heterocycles. The van der Waals surface area contributed by atoms with Crippen LogP contribution in [0, 0.1) is 10.1 Å². The molecule has 0 saturated carbocycles. The van der Waals surface area contributed by atoms with Gasteiger partial charge in [0, 0.05) is 16.6 Å². The number of hydrogen-bond donors (Lipinski definition) is 1. The average molecular weight is 248 g/mol. The molecule has 13 heavy (non-hydrogen) atoms. The summed E-state index contributed by atoms with van der Waals surface area (Å²) in [6.07, 6.45) is 0. The highest BCUT2D eigenvalue weighted by atomic mass is 79.9. The van der Waals surface area contributed by atoms with Crippen molar-refractivity contribution >= 4 is 21.6 Å². The van der Waals surface area contributed by atoms with Gasteiger partial charge in [0.1, 0.15) is 0 Å². The van der Waals surface area contributed by atoms with Gasteiger partial charge in [-0.25, -0.2) is 0 Å². The number of nitrogens with zero attached hydrogens (tertiary/aromatic N) is 1. The first kappa shape index (κ1) is 11.9. The van der Waals surface area contributed by atoms with Crippen molar-refractivity contribution < 1.29 is 10.0 Å². The number of halogens is 1. The zero-order valence-electron chi connectivity index (χ0n) is 7.32. The minimum absolute atomic E-state index is 0.284. The number of rotatable bonds is 1. The minimum Gasteiger partial charge on any atom is -0.502 e. The van der Waals surface area contributed by atoms with Gasteiger partial charge in [-0.2, -0.15) is 0 Å². The molecule has 0 radical (unpaired) electrons. The first-order valence-corrected chi connectivity index (χ1v) is 4.53. The van der Waals surface area contributed by atoms with E-state index in [-0.39, 0.29) is 11.4 Å². The molecule has 0 bridgehead atoms. The van der Waals surface area contributed by atoms with Crippen molar-refractivity contribution in [1.29, 1.82) is 0 Å². The molecule has 0 atom stereocenters. The zero-order chi connectivity index (χ0) is 10.4. The van der Waals surface area contributed by atoms with Crippen LogP contribution in [0.2, 0.25) is 0 Å². The SMILES string of the molecule is CC.O=[N+]([O-])c1ccc(Br)cc1O. The van der Waals surface area contributed by atoms with Crippen molar-refractivity contribution in [2.75, 3.05) is 0 Å². The van der Waals surface area contributed by atoms with Crippen LogP contribution < -0.4 is 0 Å². The fourth-order valence-corrected chi connectivity index (χ4v) is 1.000. The highest BCUT2D eigenvalue weighted by Gasteiger charge is 2.11. The molecule has 4 nitrogen and oxygen atoms in total. The molecule has 0 aliphatic heterocycles. The summed E-state index contributed by atoms with van der Waals surface area (Å²) in [6, 6.07) is 4.01. The average Bonchev–Trinajstić information content (AvgIpc) is 2.07. The Bertz CT molecular complexity index is 301. The lowest BCUT2D eigenvalue weighted by Gasteiger charge is -1.94. The van der Waals surface area contributed by atoms with E-state index in [0.29, 0.717) is 4.47 Å². The van der Waals surface area contributed by atoms with Crippen LogP contribution in [0.5, 0.6) is 5.75 Å². The molecule has 0 aliphatic carbocycles. The molecule has 0 aliphatic rings. The molecule has 0 amide bonds. The summed E-state index contributed by atoms with van der Waals surface area (Å²) < 4.78 is 0.612. The summed E-state index contributed by atoms with van der Waals surface area (Å²) in [6.45, 7) is 4.00. The van der Waals surface area contributed by atoms with E-state index >= 15 is 0 Å². The monoisotopic (exact) mass is 247 g/mol. The lowest BCUT2D eigenvalue weighted by atomic mass is 10.3. The lowest BCUT2D eigenvalue weighted by Crippen LogP contribution is -1.87. The molecule has 0 fully saturated rings. The number of phenolic OH excluding ortho intramolecular Hbond substituents is 1. The van der Waals surface area contributed by atoms with Gasteiger partial charge in [-0.05, 0) is 6.07 Å². The quantitative estimate of drug-likeness (QED) is 0.613. The molecular formula is C8H10BrNO3. The Kier molecular flexibility index (Phi) is 5.06. The van der Waals surface area contributed by atoms with Crippen LogP contribution in [-0.2, 0) is 0 Å². The van der Waals surface area contributed by atoms with Gasteiger partial charge in [-0.15, -0.1) is 0 Å². The topological polar surface area (TPSA) is 63.4 Å². The van der Waals surface area contributed by atoms with E-state index in [4.69, 9.17) is 5.11 Å². The second-order valence-corrected chi connectivity index (χ2v) is 2.81. The Morgan fingerprint density at radius 1 is 1.46 bits per heavy atom. The van der Waals surface area contributed by atoms with Gasteiger partial charge in [0.05, 0.1) is 4.92 Å². The predicted octanol–water partition coefficient (Wildman–Crippen LogP) is 3.09. The van der Waals surface area contributed by atoms with Crippen molar-refractivity contribution in [2.24, 2.45) is 0 Å². The van der Waals surface area contributed by atoms with Crippen molar-refractivity contribution in [3.05, 3.63) is 32.8 Å². The minimum atomic E-state index is -0.637. The second kappa shape index (κ2) is 5.53. The fraction of sp³-hybridized carbons (Fsp3) is 0.250. The van der Waals surface area contributed by atoms with E-state index in [2.05, 4.69) is 15.9 Å². The van der Waals surface area contributed by atoms with Crippen LogP contribution in [0.3, 0.4) is 0 Å². The highest BCUT2D eigenvalue weighted by molar-refractivity contribution is 9.10. The number of nitro benzene ring substituents is 1. The van der Waals surface area contributed by atoms with Gasteiger partial charge in [-0.3, -0.25) is 10.1 Å². The van der Waals surface area contributed by atoms with E-state index in [9.17, 15) is 10.1 Å². The molecule has 0 unspecified atom stereocenters.